The van der Waals surface area contributed by atoms with Crippen molar-refractivity contribution in [1.82, 2.24) is 25.2 Å². The lowest BCUT2D eigenvalue weighted by molar-refractivity contribution is 0.0240. The largest absolute Gasteiger partial charge is 0.490 e. The number of nitrogens with one attached hydrogen (secondary N) is 1. The van der Waals surface area contributed by atoms with E-state index in [9.17, 15) is 9.59 Å². The Labute approximate surface area is 249 Å². The van der Waals surface area contributed by atoms with Crippen LogP contribution in [0.15, 0.2) is 24.3 Å². The molecule has 222 valence electrons. The van der Waals surface area contributed by atoms with E-state index in [2.05, 4.69) is 21.2 Å². The fourth-order valence-corrected chi connectivity index (χ4v) is 6.48. The number of amides is 2. The number of hydrogen-bond acceptors (Lipinski definition) is 10. The molecule has 3 aliphatic rings. The van der Waals surface area contributed by atoms with Gasteiger partial charge >= 0.3 is 6.09 Å². The lowest BCUT2D eigenvalue weighted by Crippen LogP contribution is -2.50. The SMILES string of the molecule is Cc1nc(-c2ccc3c(c2)N(c2nc4c(s2)C(=O)NC(C)(C)C4)CCO3)cc(N2CCN(C(=O)OC(C)(C)C)CC2)n1. The van der Waals surface area contributed by atoms with E-state index in [4.69, 9.17) is 24.4 Å². The van der Waals surface area contributed by atoms with Crippen molar-refractivity contribution in [2.24, 2.45) is 0 Å². The zero-order valence-electron chi connectivity index (χ0n) is 25.0. The molecule has 12 heteroatoms. The minimum Gasteiger partial charge on any atom is -0.490 e. The first-order chi connectivity index (χ1) is 19.8. The summed E-state index contributed by atoms with van der Waals surface area (Å²) in [5, 5.41) is 3.87. The van der Waals surface area contributed by atoms with Crippen LogP contribution in [0.2, 0.25) is 0 Å². The van der Waals surface area contributed by atoms with E-state index in [1.165, 1.54) is 11.3 Å². The molecule has 42 heavy (non-hydrogen) atoms. The number of thiazole rings is 1. The highest BCUT2D eigenvalue weighted by molar-refractivity contribution is 7.17. The van der Waals surface area contributed by atoms with Crippen molar-refractivity contribution in [3.8, 4) is 17.0 Å². The third-order valence-corrected chi connectivity index (χ3v) is 8.50. The summed E-state index contributed by atoms with van der Waals surface area (Å²) in [6, 6.07) is 8.05. The van der Waals surface area contributed by atoms with Crippen molar-refractivity contribution in [2.45, 2.75) is 59.1 Å². The van der Waals surface area contributed by atoms with Gasteiger partial charge in [-0.1, -0.05) is 11.3 Å². The van der Waals surface area contributed by atoms with Crippen LogP contribution in [0.25, 0.3) is 11.3 Å². The van der Waals surface area contributed by atoms with Gasteiger partial charge in [0.15, 0.2) is 5.13 Å². The number of anilines is 3. The van der Waals surface area contributed by atoms with Crippen molar-refractivity contribution >= 4 is 40.0 Å². The fraction of sp³-hybridized carbons (Fsp3) is 0.500. The Morgan fingerprint density at radius 1 is 1.07 bits per heavy atom. The molecular weight excluding hydrogens is 554 g/mol. The number of nitrogens with zero attached hydrogens (tertiary/aromatic N) is 6. The monoisotopic (exact) mass is 591 g/mol. The normalized spacial score (nSPS) is 18.1. The number of aromatic nitrogens is 3. The molecule has 11 nitrogen and oxygen atoms in total. The number of benzene rings is 1. The summed E-state index contributed by atoms with van der Waals surface area (Å²) < 4.78 is 11.5. The van der Waals surface area contributed by atoms with E-state index < -0.39 is 5.60 Å². The third kappa shape index (κ3) is 5.72. The quantitative estimate of drug-likeness (QED) is 0.468. The Morgan fingerprint density at radius 2 is 1.83 bits per heavy atom. The van der Waals surface area contributed by atoms with E-state index in [0.717, 1.165) is 39.3 Å². The minimum atomic E-state index is -0.521. The molecule has 0 atom stereocenters. The van der Waals surface area contributed by atoms with Crippen LogP contribution in [-0.4, -0.2) is 82.3 Å². The highest BCUT2D eigenvalue weighted by atomic mass is 32.1. The van der Waals surface area contributed by atoms with Crippen LogP contribution in [0.3, 0.4) is 0 Å². The van der Waals surface area contributed by atoms with Crippen LogP contribution < -0.4 is 19.9 Å². The van der Waals surface area contributed by atoms with E-state index in [-0.39, 0.29) is 17.5 Å². The lowest BCUT2D eigenvalue weighted by Gasteiger charge is -2.36. The summed E-state index contributed by atoms with van der Waals surface area (Å²) in [6.07, 6.45) is 0.407. The molecule has 0 spiro atoms. The molecule has 6 rings (SSSR count). The number of carbonyl (C=O) groups excluding carboxylic acids is 2. The Morgan fingerprint density at radius 3 is 2.57 bits per heavy atom. The van der Waals surface area contributed by atoms with Gasteiger partial charge < -0.3 is 29.5 Å². The van der Waals surface area contributed by atoms with Crippen molar-refractivity contribution in [3.63, 3.8) is 0 Å². The molecule has 5 heterocycles. The molecule has 0 unspecified atom stereocenters. The standard InChI is InChI=1S/C30H37N7O4S/c1-18-31-20(16-24(32-18)35-9-11-36(12-10-35)28(39)41-29(2,3)4)19-7-8-23-22(15-19)37(13-14-40-23)27-33-21-17-30(5,6)34-26(38)25(21)42-27/h7-8,15-16H,9-14,17H2,1-6H3,(H,34,38). The van der Waals surface area contributed by atoms with E-state index in [1.54, 1.807) is 4.90 Å². The lowest BCUT2D eigenvalue weighted by atomic mass is 9.94. The maximum absolute atomic E-state index is 12.8. The first-order valence-corrected chi connectivity index (χ1v) is 15.1. The van der Waals surface area contributed by atoms with Gasteiger partial charge in [-0.3, -0.25) is 4.79 Å². The maximum Gasteiger partial charge on any atom is 0.410 e. The van der Waals surface area contributed by atoms with Crippen LogP contribution in [0.1, 0.15) is 55.8 Å². The number of aryl methyl sites for hydroxylation is 1. The Kier molecular flexibility index (Phi) is 6.99. The van der Waals surface area contributed by atoms with Gasteiger partial charge in [0.25, 0.3) is 5.91 Å². The van der Waals surface area contributed by atoms with E-state index >= 15 is 0 Å². The van der Waals surface area contributed by atoms with Crippen LogP contribution in [-0.2, 0) is 11.2 Å². The molecular formula is C30H37N7O4S. The fourth-order valence-electron chi connectivity index (χ4n) is 5.46. The first-order valence-electron chi connectivity index (χ1n) is 14.3. The van der Waals surface area contributed by atoms with Crippen molar-refractivity contribution < 1.29 is 19.1 Å². The molecule has 3 aliphatic heterocycles. The van der Waals surface area contributed by atoms with Gasteiger partial charge in [0, 0.05) is 49.8 Å². The second kappa shape index (κ2) is 10.4. The molecule has 3 aromatic rings. The minimum absolute atomic E-state index is 0.0665. The number of hydrogen-bond donors (Lipinski definition) is 1. The van der Waals surface area contributed by atoms with E-state index in [0.29, 0.717) is 56.5 Å². The van der Waals surface area contributed by atoms with Gasteiger partial charge in [-0.05, 0) is 59.7 Å². The second-order valence-corrected chi connectivity index (χ2v) is 13.6. The first kappa shape index (κ1) is 28.2. The zero-order chi connectivity index (χ0) is 29.8. The van der Waals surface area contributed by atoms with Gasteiger partial charge in [-0.25, -0.2) is 19.7 Å². The topological polar surface area (TPSA) is 113 Å². The average Bonchev–Trinajstić information content (AvgIpc) is 3.34. The number of ether oxygens (including phenoxy) is 2. The number of piperazine rings is 1. The van der Waals surface area contributed by atoms with Gasteiger partial charge in [0.05, 0.1) is 23.6 Å². The molecule has 1 fully saturated rings. The maximum atomic E-state index is 12.8. The molecule has 2 amide bonds. The van der Waals surface area contributed by atoms with Crippen LogP contribution in [0, 0.1) is 6.92 Å². The summed E-state index contributed by atoms with van der Waals surface area (Å²) in [6.45, 7) is 15.1. The number of rotatable bonds is 3. The Hall–Kier alpha value is -3.93. The number of carbonyl (C=O) groups is 2. The van der Waals surface area contributed by atoms with Gasteiger partial charge in [0.2, 0.25) is 0 Å². The molecule has 0 saturated carbocycles. The molecule has 1 saturated heterocycles. The van der Waals surface area contributed by atoms with Crippen LogP contribution in [0.4, 0.5) is 21.4 Å². The predicted octanol–water partition coefficient (Wildman–Crippen LogP) is 4.56. The molecule has 0 radical (unpaired) electrons. The van der Waals surface area contributed by atoms with Gasteiger partial charge in [-0.15, -0.1) is 0 Å². The average molecular weight is 592 g/mol. The van der Waals surface area contributed by atoms with E-state index in [1.807, 2.05) is 59.7 Å². The van der Waals surface area contributed by atoms with Crippen LogP contribution >= 0.6 is 11.3 Å². The van der Waals surface area contributed by atoms with Crippen molar-refractivity contribution in [1.29, 1.82) is 0 Å². The molecule has 2 aromatic heterocycles. The molecule has 1 aromatic carbocycles. The number of fused-ring (bicyclic) bond motifs is 2. The summed E-state index contributed by atoms with van der Waals surface area (Å²) in [4.78, 5) is 46.4. The van der Waals surface area contributed by atoms with Gasteiger partial charge in [-0.2, -0.15) is 0 Å². The Balaban J connectivity index is 1.25. The summed E-state index contributed by atoms with van der Waals surface area (Å²) in [7, 11) is 0. The third-order valence-electron chi connectivity index (χ3n) is 7.38. The summed E-state index contributed by atoms with van der Waals surface area (Å²) >= 11 is 1.42. The Bertz CT molecular complexity index is 1540. The smallest absolute Gasteiger partial charge is 0.410 e. The summed E-state index contributed by atoms with van der Waals surface area (Å²) in [5.41, 5.74) is 2.64. The summed E-state index contributed by atoms with van der Waals surface area (Å²) in [5.74, 6) is 2.20. The highest BCUT2D eigenvalue weighted by Gasteiger charge is 2.35. The second-order valence-electron chi connectivity index (χ2n) is 12.6. The predicted molar refractivity (Wildman–Crippen MR) is 162 cm³/mol. The van der Waals surface area contributed by atoms with Crippen molar-refractivity contribution in [2.75, 3.05) is 49.1 Å². The molecule has 0 bridgehead atoms. The van der Waals surface area contributed by atoms with Crippen LogP contribution in [0.5, 0.6) is 5.75 Å². The zero-order valence-corrected chi connectivity index (χ0v) is 25.8. The van der Waals surface area contributed by atoms with Gasteiger partial charge in [0.1, 0.15) is 34.5 Å². The molecule has 1 N–H and O–H groups in total. The highest BCUT2D eigenvalue weighted by Crippen LogP contribution is 2.42. The molecule has 0 aliphatic carbocycles. The van der Waals surface area contributed by atoms with Crippen molar-refractivity contribution in [3.05, 3.63) is 40.7 Å².